The highest BCUT2D eigenvalue weighted by Crippen LogP contribution is 2.22. The Kier molecular flexibility index (Phi) is 6.50. The summed E-state index contributed by atoms with van der Waals surface area (Å²) in [5.41, 5.74) is -0.754. The predicted octanol–water partition coefficient (Wildman–Crippen LogP) is 2.13. The molecule has 2 N–H and O–H groups in total. The fourth-order valence-corrected chi connectivity index (χ4v) is 1.75. The lowest BCUT2D eigenvalue weighted by Gasteiger charge is -2.23. The van der Waals surface area contributed by atoms with Crippen molar-refractivity contribution in [3.63, 3.8) is 0 Å². The number of para-hydroxylation sites is 1. The van der Waals surface area contributed by atoms with Gasteiger partial charge in [-0.3, -0.25) is 9.59 Å². The first-order valence-corrected chi connectivity index (χ1v) is 7.31. The summed E-state index contributed by atoms with van der Waals surface area (Å²) < 4.78 is 4.96. The van der Waals surface area contributed by atoms with Gasteiger partial charge in [-0.15, -0.1) is 6.58 Å². The lowest BCUT2D eigenvalue weighted by Crippen LogP contribution is -2.45. The van der Waals surface area contributed by atoms with Crippen LogP contribution in [0.25, 0.3) is 0 Å². The molecular formula is C17H22N2O4. The van der Waals surface area contributed by atoms with Gasteiger partial charge in [0.1, 0.15) is 5.41 Å². The van der Waals surface area contributed by atoms with Crippen LogP contribution in [0.4, 0.5) is 5.69 Å². The largest absolute Gasteiger partial charge is 0.462 e. The smallest absolute Gasteiger partial charge is 0.340 e. The number of carbonyl (C=O) groups excluding carboxylic acids is 3. The maximum absolute atomic E-state index is 12.4. The van der Waals surface area contributed by atoms with Crippen LogP contribution >= 0.6 is 0 Å². The van der Waals surface area contributed by atoms with E-state index < -0.39 is 23.2 Å². The first kappa shape index (κ1) is 18.4. The van der Waals surface area contributed by atoms with E-state index in [9.17, 15) is 14.4 Å². The first-order valence-electron chi connectivity index (χ1n) is 7.31. The summed E-state index contributed by atoms with van der Waals surface area (Å²) in [6.45, 7) is 8.73. The molecule has 6 heteroatoms. The standard InChI is InChI=1S/C17H22N2O4/c1-5-11-18-15(21)17(3,4)16(22)19-13-10-8-7-9-12(13)14(20)23-6-2/h5,7-10H,1,6,11H2,2-4H3,(H,18,21)(H,19,22). The highest BCUT2D eigenvalue weighted by atomic mass is 16.5. The van der Waals surface area contributed by atoms with Crippen LogP contribution in [0.5, 0.6) is 0 Å². The van der Waals surface area contributed by atoms with Gasteiger partial charge in [0.15, 0.2) is 0 Å². The molecule has 2 amide bonds. The zero-order valence-electron chi connectivity index (χ0n) is 13.6. The average Bonchev–Trinajstić information content (AvgIpc) is 2.53. The summed E-state index contributed by atoms with van der Waals surface area (Å²) in [5.74, 6) is -1.48. The van der Waals surface area contributed by atoms with Crippen molar-refractivity contribution in [1.82, 2.24) is 5.32 Å². The average molecular weight is 318 g/mol. The Morgan fingerprint density at radius 2 is 1.87 bits per heavy atom. The monoisotopic (exact) mass is 318 g/mol. The maximum atomic E-state index is 12.4. The third kappa shape index (κ3) is 4.67. The molecule has 0 atom stereocenters. The summed E-state index contributed by atoms with van der Waals surface area (Å²) >= 11 is 0. The molecule has 0 spiro atoms. The zero-order chi connectivity index (χ0) is 17.5. The van der Waals surface area contributed by atoms with Gasteiger partial charge in [-0.05, 0) is 32.9 Å². The van der Waals surface area contributed by atoms with E-state index in [1.807, 2.05) is 0 Å². The van der Waals surface area contributed by atoms with E-state index in [1.54, 1.807) is 31.2 Å². The van der Waals surface area contributed by atoms with Crippen molar-refractivity contribution in [3.8, 4) is 0 Å². The molecule has 124 valence electrons. The van der Waals surface area contributed by atoms with Crippen LogP contribution in [0, 0.1) is 5.41 Å². The summed E-state index contributed by atoms with van der Waals surface area (Å²) in [4.78, 5) is 36.4. The van der Waals surface area contributed by atoms with Crippen molar-refractivity contribution in [3.05, 3.63) is 42.5 Å². The number of anilines is 1. The van der Waals surface area contributed by atoms with Crippen LogP contribution in [0.3, 0.4) is 0 Å². The van der Waals surface area contributed by atoms with E-state index in [4.69, 9.17) is 4.74 Å². The number of ether oxygens (including phenoxy) is 1. The Balaban J connectivity index is 2.94. The van der Waals surface area contributed by atoms with E-state index in [0.29, 0.717) is 5.69 Å². The highest BCUT2D eigenvalue weighted by molar-refractivity contribution is 6.11. The molecule has 0 saturated heterocycles. The molecule has 0 bridgehead atoms. The molecule has 0 fully saturated rings. The third-order valence-corrected chi connectivity index (χ3v) is 3.21. The second kappa shape index (κ2) is 8.12. The van der Waals surface area contributed by atoms with Crippen LogP contribution in [0.15, 0.2) is 36.9 Å². The fourth-order valence-electron chi connectivity index (χ4n) is 1.75. The Morgan fingerprint density at radius 3 is 2.48 bits per heavy atom. The molecule has 0 unspecified atom stereocenters. The summed E-state index contributed by atoms with van der Waals surface area (Å²) in [6, 6.07) is 6.49. The van der Waals surface area contributed by atoms with Crippen molar-refractivity contribution in [2.45, 2.75) is 20.8 Å². The SMILES string of the molecule is C=CCNC(=O)C(C)(C)C(=O)Nc1ccccc1C(=O)OCC. The van der Waals surface area contributed by atoms with Gasteiger partial charge in [0.25, 0.3) is 0 Å². The van der Waals surface area contributed by atoms with Crippen molar-refractivity contribution in [2.24, 2.45) is 5.41 Å². The molecule has 1 aromatic rings. The van der Waals surface area contributed by atoms with Crippen LogP contribution in [-0.4, -0.2) is 30.9 Å². The molecule has 0 aromatic heterocycles. The van der Waals surface area contributed by atoms with Gasteiger partial charge in [-0.2, -0.15) is 0 Å². The quantitative estimate of drug-likeness (QED) is 0.458. The molecule has 23 heavy (non-hydrogen) atoms. The van der Waals surface area contributed by atoms with Crippen molar-refractivity contribution in [1.29, 1.82) is 0 Å². The van der Waals surface area contributed by atoms with Crippen LogP contribution in [0.2, 0.25) is 0 Å². The third-order valence-electron chi connectivity index (χ3n) is 3.21. The molecule has 6 nitrogen and oxygen atoms in total. The topological polar surface area (TPSA) is 84.5 Å². The van der Waals surface area contributed by atoms with Gasteiger partial charge < -0.3 is 15.4 Å². The number of hydrogen-bond donors (Lipinski definition) is 2. The molecule has 0 saturated carbocycles. The highest BCUT2D eigenvalue weighted by Gasteiger charge is 2.36. The van der Waals surface area contributed by atoms with Crippen LogP contribution in [0.1, 0.15) is 31.1 Å². The Bertz CT molecular complexity index is 608. The van der Waals surface area contributed by atoms with E-state index in [1.165, 1.54) is 19.9 Å². The first-order chi connectivity index (χ1) is 10.8. The second-order valence-electron chi connectivity index (χ2n) is 5.34. The molecule has 0 heterocycles. The zero-order valence-corrected chi connectivity index (χ0v) is 13.6. The minimum atomic E-state index is -1.30. The van der Waals surface area contributed by atoms with Gasteiger partial charge >= 0.3 is 5.97 Å². The Labute approximate surface area is 135 Å². The lowest BCUT2D eigenvalue weighted by atomic mass is 9.90. The van der Waals surface area contributed by atoms with Crippen LogP contribution < -0.4 is 10.6 Å². The van der Waals surface area contributed by atoms with Gasteiger partial charge in [0.2, 0.25) is 11.8 Å². The number of rotatable bonds is 7. The molecule has 1 aromatic carbocycles. The number of carbonyl (C=O) groups is 3. The molecule has 0 aliphatic heterocycles. The summed E-state index contributed by atoms with van der Waals surface area (Å²) in [5, 5.41) is 5.21. The van der Waals surface area contributed by atoms with E-state index in [-0.39, 0.29) is 18.7 Å². The number of benzene rings is 1. The molecule has 0 aliphatic rings. The Morgan fingerprint density at radius 1 is 1.22 bits per heavy atom. The van der Waals surface area contributed by atoms with Gasteiger partial charge in [0, 0.05) is 6.54 Å². The lowest BCUT2D eigenvalue weighted by molar-refractivity contribution is -0.138. The van der Waals surface area contributed by atoms with E-state index >= 15 is 0 Å². The Hall–Kier alpha value is -2.63. The van der Waals surface area contributed by atoms with E-state index in [0.717, 1.165) is 0 Å². The number of amides is 2. The van der Waals surface area contributed by atoms with Crippen molar-refractivity contribution < 1.29 is 19.1 Å². The predicted molar refractivity (Wildman–Crippen MR) is 88.0 cm³/mol. The van der Waals surface area contributed by atoms with Gasteiger partial charge in [-0.1, -0.05) is 18.2 Å². The maximum Gasteiger partial charge on any atom is 0.340 e. The van der Waals surface area contributed by atoms with Crippen molar-refractivity contribution in [2.75, 3.05) is 18.5 Å². The fraction of sp³-hybridized carbons (Fsp3) is 0.353. The molecule has 0 radical (unpaired) electrons. The minimum Gasteiger partial charge on any atom is -0.462 e. The summed E-state index contributed by atoms with van der Waals surface area (Å²) in [7, 11) is 0. The molecule has 0 aliphatic carbocycles. The number of hydrogen-bond acceptors (Lipinski definition) is 4. The number of esters is 1. The molecular weight excluding hydrogens is 296 g/mol. The van der Waals surface area contributed by atoms with Gasteiger partial charge in [-0.25, -0.2) is 4.79 Å². The number of nitrogens with one attached hydrogen (secondary N) is 2. The summed E-state index contributed by atoms with van der Waals surface area (Å²) in [6.07, 6.45) is 1.53. The molecule has 1 rings (SSSR count). The van der Waals surface area contributed by atoms with E-state index in [2.05, 4.69) is 17.2 Å². The van der Waals surface area contributed by atoms with Crippen LogP contribution in [-0.2, 0) is 14.3 Å². The minimum absolute atomic E-state index is 0.233. The van der Waals surface area contributed by atoms with Crippen molar-refractivity contribution >= 4 is 23.5 Å². The normalized spacial score (nSPS) is 10.6. The second-order valence-corrected chi connectivity index (χ2v) is 5.34. The van der Waals surface area contributed by atoms with Gasteiger partial charge in [0.05, 0.1) is 17.9 Å².